The third-order valence-electron chi connectivity index (χ3n) is 5.55. The van der Waals surface area contributed by atoms with Crippen LogP contribution in [0.4, 0.5) is 0 Å². The van der Waals surface area contributed by atoms with Gasteiger partial charge in [0.2, 0.25) is 0 Å². The van der Waals surface area contributed by atoms with E-state index in [2.05, 4.69) is 27.7 Å². The summed E-state index contributed by atoms with van der Waals surface area (Å²) in [5.74, 6) is 2.60. The zero-order chi connectivity index (χ0) is 12.7. The summed E-state index contributed by atoms with van der Waals surface area (Å²) in [6, 6.07) is 0. The van der Waals surface area contributed by atoms with Crippen molar-refractivity contribution in [2.45, 2.75) is 78.2 Å². The Balaban J connectivity index is 1.84. The highest BCUT2D eigenvalue weighted by atomic mass is 14.9. The molecule has 0 aromatic heterocycles. The molecule has 2 fully saturated rings. The zero-order valence-corrected chi connectivity index (χ0v) is 12.3. The summed E-state index contributed by atoms with van der Waals surface area (Å²) < 4.78 is 0. The first kappa shape index (κ1) is 13.4. The smallest absolute Gasteiger partial charge is 0.0215 e. The van der Waals surface area contributed by atoms with Gasteiger partial charge in [0.15, 0.2) is 0 Å². The van der Waals surface area contributed by atoms with Crippen LogP contribution >= 0.6 is 0 Å². The van der Waals surface area contributed by atoms with E-state index in [1.165, 1.54) is 44.9 Å². The van der Waals surface area contributed by atoms with E-state index in [4.69, 9.17) is 5.73 Å². The predicted molar refractivity (Wildman–Crippen MR) is 74.8 cm³/mol. The number of nitrogens with two attached hydrogens (primary N) is 1. The van der Waals surface area contributed by atoms with Gasteiger partial charge in [0.25, 0.3) is 0 Å². The Labute approximate surface area is 108 Å². The molecule has 0 spiro atoms. The summed E-state index contributed by atoms with van der Waals surface area (Å²) in [4.78, 5) is 0. The van der Waals surface area contributed by atoms with E-state index >= 15 is 0 Å². The fourth-order valence-electron chi connectivity index (χ4n) is 4.08. The van der Waals surface area contributed by atoms with E-state index in [0.29, 0.717) is 5.41 Å². The Morgan fingerprint density at radius 3 is 2.18 bits per heavy atom. The Hall–Kier alpha value is -0.0400. The Kier molecular flexibility index (Phi) is 3.60. The predicted octanol–water partition coefficient (Wildman–Crippen LogP) is 4.36. The zero-order valence-electron chi connectivity index (χ0n) is 12.3. The number of hydrogen-bond donors (Lipinski definition) is 1. The maximum atomic E-state index is 6.61. The van der Waals surface area contributed by atoms with Crippen molar-refractivity contribution in [1.82, 2.24) is 0 Å². The minimum atomic E-state index is 0.249. The van der Waals surface area contributed by atoms with Crippen molar-refractivity contribution in [2.75, 3.05) is 0 Å². The maximum absolute atomic E-state index is 6.61. The van der Waals surface area contributed by atoms with Crippen molar-refractivity contribution < 1.29 is 0 Å². The summed E-state index contributed by atoms with van der Waals surface area (Å²) in [6.07, 6.45) is 9.57. The van der Waals surface area contributed by atoms with Crippen LogP contribution in [0.3, 0.4) is 0 Å². The van der Waals surface area contributed by atoms with E-state index in [9.17, 15) is 0 Å². The molecule has 1 heteroatoms. The van der Waals surface area contributed by atoms with Gasteiger partial charge in [-0.2, -0.15) is 0 Å². The summed E-state index contributed by atoms with van der Waals surface area (Å²) in [6.45, 7) is 9.48. The van der Waals surface area contributed by atoms with Crippen molar-refractivity contribution in [3.63, 3.8) is 0 Å². The highest BCUT2D eigenvalue weighted by Gasteiger charge is 2.55. The molecule has 1 nitrogen and oxygen atoms in total. The second kappa shape index (κ2) is 4.57. The summed E-state index contributed by atoms with van der Waals surface area (Å²) in [5, 5.41) is 0. The minimum Gasteiger partial charge on any atom is -0.325 e. The SMILES string of the molecule is CCCC1CC1(N)C1CCC(C(C)(C)C)CC1. The van der Waals surface area contributed by atoms with Crippen LogP contribution in [0.2, 0.25) is 0 Å². The van der Waals surface area contributed by atoms with Crippen molar-refractivity contribution in [3.05, 3.63) is 0 Å². The number of rotatable bonds is 3. The van der Waals surface area contributed by atoms with Crippen molar-refractivity contribution in [3.8, 4) is 0 Å². The van der Waals surface area contributed by atoms with Gasteiger partial charge in [-0.1, -0.05) is 34.1 Å². The van der Waals surface area contributed by atoms with Crippen LogP contribution in [0.1, 0.15) is 72.6 Å². The Morgan fingerprint density at radius 2 is 1.71 bits per heavy atom. The van der Waals surface area contributed by atoms with Gasteiger partial charge in [-0.25, -0.2) is 0 Å². The van der Waals surface area contributed by atoms with Gasteiger partial charge >= 0.3 is 0 Å². The quantitative estimate of drug-likeness (QED) is 0.775. The highest BCUT2D eigenvalue weighted by molar-refractivity contribution is 5.12. The van der Waals surface area contributed by atoms with Crippen molar-refractivity contribution in [2.24, 2.45) is 28.9 Å². The molecular weight excluding hydrogens is 206 g/mol. The monoisotopic (exact) mass is 237 g/mol. The fraction of sp³-hybridized carbons (Fsp3) is 1.00. The van der Waals surface area contributed by atoms with E-state index in [-0.39, 0.29) is 5.54 Å². The molecule has 17 heavy (non-hydrogen) atoms. The molecule has 2 aliphatic rings. The topological polar surface area (TPSA) is 26.0 Å². The third kappa shape index (κ3) is 2.70. The van der Waals surface area contributed by atoms with Gasteiger partial charge in [-0.3, -0.25) is 0 Å². The molecule has 2 N–H and O–H groups in total. The lowest BCUT2D eigenvalue weighted by atomic mass is 9.68. The molecule has 0 saturated heterocycles. The molecule has 0 aromatic rings. The second-order valence-electron chi connectivity index (χ2n) is 7.72. The standard InChI is InChI=1S/C16H31N/c1-5-6-14-11-16(14,17)13-9-7-12(8-10-13)15(2,3)4/h12-14H,5-11,17H2,1-4H3. The molecule has 0 radical (unpaired) electrons. The van der Waals surface area contributed by atoms with Crippen molar-refractivity contribution >= 4 is 0 Å². The van der Waals surface area contributed by atoms with E-state index in [1.54, 1.807) is 0 Å². The average molecular weight is 237 g/mol. The molecule has 0 aromatic carbocycles. The summed E-state index contributed by atoms with van der Waals surface area (Å²) in [5.41, 5.74) is 7.35. The lowest BCUT2D eigenvalue weighted by Crippen LogP contribution is -2.39. The third-order valence-corrected chi connectivity index (χ3v) is 5.55. The second-order valence-corrected chi connectivity index (χ2v) is 7.72. The van der Waals surface area contributed by atoms with Gasteiger partial charge in [0.05, 0.1) is 0 Å². The molecule has 0 bridgehead atoms. The molecule has 2 aliphatic carbocycles. The summed E-state index contributed by atoms with van der Waals surface area (Å²) in [7, 11) is 0. The molecule has 2 rings (SSSR count). The lowest BCUT2D eigenvalue weighted by Gasteiger charge is -2.39. The van der Waals surface area contributed by atoms with Crippen LogP contribution in [0.15, 0.2) is 0 Å². The lowest BCUT2D eigenvalue weighted by molar-refractivity contribution is 0.132. The van der Waals surface area contributed by atoms with Gasteiger partial charge in [0, 0.05) is 5.54 Å². The molecule has 0 aliphatic heterocycles. The van der Waals surface area contributed by atoms with Crippen LogP contribution in [0.5, 0.6) is 0 Å². The fourth-order valence-corrected chi connectivity index (χ4v) is 4.08. The number of hydrogen-bond acceptors (Lipinski definition) is 1. The normalized spacial score (nSPS) is 42.5. The van der Waals surface area contributed by atoms with Crippen molar-refractivity contribution in [1.29, 1.82) is 0 Å². The Bertz CT molecular complexity index is 257. The Morgan fingerprint density at radius 1 is 1.12 bits per heavy atom. The van der Waals surface area contributed by atoms with Gasteiger partial charge in [0.1, 0.15) is 0 Å². The van der Waals surface area contributed by atoms with Crippen LogP contribution < -0.4 is 5.73 Å². The molecule has 2 unspecified atom stereocenters. The van der Waals surface area contributed by atoms with Crippen LogP contribution in [0, 0.1) is 23.2 Å². The van der Waals surface area contributed by atoms with Crippen LogP contribution in [-0.4, -0.2) is 5.54 Å². The van der Waals surface area contributed by atoms with Crippen LogP contribution in [0.25, 0.3) is 0 Å². The van der Waals surface area contributed by atoms with Gasteiger partial charge in [-0.05, 0) is 61.7 Å². The average Bonchev–Trinajstić information content (AvgIpc) is 2.91. The largest absolute Gasteiger partial charge is 0.325 e. The van der Waals surface area contributed by atoms with Gasteiger partial charge in [-0.15, -0.1) is 0 Å². The molecular formula is C16H31N. The first-order chi connectivity index (χ1) is 7.88. The van der Waals surface area contributed by atoms with E-state index in [1.807, 2.05) is 0 Å². The molecule has 2 saturated carbocycles. The van der Waals surface area contributed by atoms with E-state index in [0.717, 1.165) is 17.8 Å². The molecule has 0 heterocycles. The van der Waals surface area contributed by atoms with Crippen LogP contribution in [-0.2, 0) is 0 Å². The highest BCUT2D eigenvalue weighted by Crippen LogP contribution is 2.55. The first-order valence-corrected chi connectivity index (χ1v) is 7.66. The molecule has 0 amide bonds. The minimum absolute atomic E-state index is 0.249. The molecule has 100 valence electrons. The van der Waals surface area contributed by atoms with E-state index < -0.39 is 0 Å². The first-order valence-electron chi connectivity index (χ1n) is 7.66. The maximum Gasteiger partial charge on any atom is 0.0215 e. The summed E-state index contributed by atoms with van der Waals surface area (Å²) >= 11 is 0. The molecule has 2 atom stereocenters. The van der Waals surface area contributed by atoms with Gasteiger partial charge < -0.3 is 5.73 Å².